The summed E-state index contributed by atoms with van der Waals surface area (Å²) in [6, 6.07) is 11.3. The standard InChI is InChI=1S/C21H22N4O4/c1-2-25-20-17(13-22-25)16(12-18(23-20)15-6-4-3-5-7-15)21(27)29-14-19(26)24-8-10-28-11-9-24/h3-7,12-13H,2,8-11,14H2,1H3. The second-order valence-electron chi connectivity index (χ2n) is 6.69. The SMILES string of the molecule is CCn1ncc2c(C(=O)OCC(=O)N3CCOCC3)cc(-c3ccccc3)nc21. The van der Waals surface area contributed by atoms with Gasteiger partial charge in [0.1, 0.15) is 0 Å². The predicted octanol–water partition coefficient (Wildman–Crippen LogP) is 2.13. The minimum atomic E-state index is -0.563. The van der Waals surface area contributed by atoms with Gasteiger partial charge in [-0.25, -0.2) is 14.5 Å². The van der Waals surface area contributed by atoms with Gasteiger partial charge < -0.3 is 14.4 Å². The Kier molecular flexibility index (Phi) is 5.53. The van der Waals surface area contributed by atoms with Gasteiger partial charge in [0.15, 0.2) is 12.3 Å². The van der Waals surface area contributed by atoms with Crippen LogP contribution in [0.15, 0.2) is 42.6 Å². The first-order chi connectivity index (χ1) is 14.2. The first-order valence-corrected chi connectivity index (χ1v) is 9.62. The van der Waals surface area contributed by atoms with E-state index >= 15 is 0 Å². The van der Waals surface area contributed by atoms with E-state index in [1.807, 2.05) is 37.3 Å². The van der Waals surface area contributed by atoms with Gasteiger partial charge in [0, 0.05) is 25.2 Å². The van der Waals surface area contributed by atoms with E-state index < -0.39 is 5.97 Å². The summed E-state index contributed by atoms with van der Waals surface area (Å²) in [5, 5.41) is 4.92. The maximum absolute atomic E-state index is 12.8. The molecule has 150 valence electrons. The monoisotopic (exact) mass is 394 g/mol. The molecule has 0 N–H and O–H groups in total. The lowest BCUT2D eigenvalue weighted by Gasteiger charge is -2.26. The Labute approximate surface area is 168 Å². The molecule has 3 heterocycles. The van der Waals surface area contributed by atoms with Crippen LogP contribution in [0.5, 0.6) is 0 Å². The van der Waals surface area contributed by atoms with E-state index in [9.17, 15) is 9.59 Å². The quantitative estimate of drug-likeness (QED) is 0.616. The van der Waals surface area contributed by atoms with Crippen LogP contribution in [-0.2, 0) is 20.8 Å². The summed E-state index contributed by atoms with van der Waals surface area (Å²) in [5.74, 6) is -0.786. The third-order valence-corrected chi connectivity index (χ3v) is 4.89. The number of carbonyl (C=O) groups is 2. The Hall–Kier alpha value is -3.26. The van der Waals surface area contributed by atoms with Crippen molar-refractivity contribution < 1.29 is 19.1 Å². The number of aryl methyl sites for hydroxylation is 1. The molecule has 8 nitrogen and oxygen atoms in total. The maximum Gasteiger partial charge on any atom is 0.339 e. The van der Waals surface area contributed by atoms with Gasteiger partial charge in [-0.3, -0.25) is 4.79 Å². The number of nitrogens with zero attached hydrogens (tertiary/aromatic N) is 4. The number of aromatic nitrogens is 3. The van der Waals surface area contributed by atoms with Gasteiger partial charge in [0.05, 0.1) is 36.1 Å². The second-order valence-corrected chi connectivity index (χ2v) is 6.69. The summed E-state index contributed by atoms with van der Waals surface area (Å²) < 4.78 is 12.3. The van der Waals surface area contributed by atoms with Crippen molar-refractivity contribution >= 4 is 22.9 Å². The summed E-state index contributed by atoms with van der Waals surface area (Å²) >= 11 is 0. The molecule has 0 bridgehead atoms. The first-order valence-electron chi connectivity index (χ1n) is 9.62. The van der Waals surface area contributed by atoms with Crippen LogP contribution in [-0.4, -0.2) is 64.5 Å². The molecule has 0 saturated carbocycles. The third kappa shape index (κ3) is 3.97. The van der Waals surface area contributed by atoms with E-state index in [-0.39, 0.29) is 12.5 Å². The first kappa shape index (κ1) is 19.1. The van der Waals surface area contributed by atoms with Gasteiger partial charge in [0.2, 0.25) is 0 Å². The number of rotatable bonds is 5. The van der Waals surface area contributed by atoms with Crippen LogP contribution in [0.3, 0.4) is 0 Å². The van der Waals surface area contributed by atoms with Gasteiger partial charge in [-0.2, -0.15) is 5.10 Å². The van der Waals surface area contributed by atoms with Crippen LogP contribution in [0.4, 0.5) is 0 Å². The number of pyridine rings is 1. The molecule has 3 aromatic rings. The minimum Gasteiger partial charge on any atom is -0.452 e. The number of carbonyl (C=O) groups excluding carboxylic acids is 2. The molecule has 1 amide bonds. The molecule has 4 rings (SSSR count). The van der Waals surface area contributed by atoms with Crippen molar-refractivity contribution in [3.05, 3.63) is 48.2 Å². The van der Waals surface area contributed by atoms with E-state index in [2.05, 4.69) is 5.10 Å². The lowest BCUT2D eigenvalue weighted by Crippen LogP contribution is -2.42. The summed E-state index contributed by atoms with van der Waals surface area (Å²) in [6.07, 6.45) is 1.61. The maximum atomic E-state index is 12.8. The highest BCUT2D eigenvalue weighted by Gasteiger charge is 2.22. The summed E-state index contributed by atoms with van der Waals surface area (Å²) in [5.41, 5.74) is 2.50. The molecule has 1 aliphatic heterocycles. The Balaban J connectivity index is 1.62. The van der Waals surface area contributed by atoms with Crippen LogP contribution >= 0.6 is 0 Å². The molecule has 1 saturated heterocycles. The van der Waals surface area contributed by atoms with Crippen LogP contribution < -0.4 is 0 Å². The van der Waals surface area contributed by atoms with E-state index in [0.29, 0.717) is 55.1 Å². The zero-order valence-corrected chi connectivity index (χ0v) is 16.2. The Morgan fingerprint density at radius 2 is 1.93 bits per heavy atom. The van der Waals surface area contributed by atoms with E-state index in [1.54, 1.807) is 21.8 Å². The number of esters is 1. The number of fused-ring (bicyclic) bond motifs is 1. The fourth-order valence-corrected chi connectivity index (χ4v) is 3.31. The fourth-order valence-electron chi connectivity index (χ4n) is 3.31. The van der Waals surface area contributed by atoms with Crippen molar-refractivity contribution in [3.63, 3.8) is 0 Å². The molecule has 1 aliphatic rings. The van der Waals surface area contributed by atoms with Gasteiger partial charge >= 0.3 is 5.97 Å². The van der Waals surface area contributed by atoms with Crippen molar-refractivity contribution in [3.8, 4) is 11.3 Å². The van der Waals surface area contributed by atoms with E-state index in [1.165, 1.54) is 0 Å². The zero-order valence-electron chi connectivity index (χ0n) is 16.2. The second kappa shape index (κ2) is 8.40. The minimum absolute atomic E-state index is 0.223. The summed E-state index contributed by atoms with van der Waals surface area (Å²) in [7, 11) is 0. The molecule has 0 aliphatic carbocycles. The average Bonchev–Trinajstić information content (AvgIpc) is 3.21. The predicted molar refractivity (Wildman–Crippen MR) is 106 cm³/mol. The molecule has 2 aromatic heterocycles. The van der Waals surface area contributed by atoms with E-state index in [0.717, 1.165) is 5.56 Å². The molecule has 0 radical (unpaired) electrons. The third-order valence-electron chi connectivity index (χ3n) is 4.89. The summed E-state index contributed by atoms with van der Waals surface area (Å²) in [4.78, 5) is 31.5. The van der Waals surface area contributed by atoms with Crippen molar-refractivity contribution in [2.45, 2.75) is 13.5 Å². The molecule has 29 heavy (non-hydrogen) atoms. The highest BCUT2D eigenvalue weighted by Crippen LogP contribution is 2.25. The van der Waals surface area contributed by atoms with Crippen molar-refractivity contribution in [1.29, 1.82) is 0 Å². The van der Waals surface area contributed by atoms with Crippen molar-refractivity contribution in [2.24, 2.45) is 0 Å². The normalized spacial score (nSPS) is 14.2. The number of hydrogen-bond donors (Lipinski definition) is 0. The number of amides is 1. The number of hydrogen-bond acceptors (Lipinski definition) is 6. The highest BCUT2D eigenvalue weighted by molar-refractivity contribution is 6.04. The number of ether oxygens (including phenoxy) is 2. The molecule has 1 fully saturated rings. The lowest BCUT2D eigenvalue weighted by atomic mass is 10.1. The largest absolute Gasteiger partial charge is 0.452 e. The Bertz CT molecular complexity index is 1030. The van der Waals surface area contributed by atoms with Crippen molar-refractivity contribution in [2.75, 3.05) is 32.9 Å². The molecule has 1 aromatic carbocycles. The fraction of sp³-hybridized carbons (Fsp3) is 0.333. The van der Waals surface area contributed by atoms with Crippen molar-refractivity contribution in [1.82, 2.24) is 19.7 Å². The van der Waals surface area contributed by atoms with Crippen LogP contribution in [0.2, 0.25) is 0 Å². The molecule has 0 unspecified atom stereocenters. The molecular weight excluding hydrogens is 372 g/mol. The molecular formula is C21H22N4O4. The van der Waals surface area contributed by atoms with E-state index in [4.69, 9.17) is 14.5 Å². The Morgan fingerprint density at radius 3 is 2.66 bits per heavy atom. The lowest BCUT2D eigenvalue weighted by molar-refractivity contribution is -0.138. The number of morpholine rings is 1. The number of benzene rings is 1. The van der Waals surface area contributed by atoms with Crippen LogP contribution in [0.1, 0.15) is 17.3 Å². The summed E-state index contributed by atoms with van der Waals surface area (Å²) in [6.45, 7) is 4.31. The average molecular weight is 394 g/mol. The molecule has 0 spiro atoms. The van der Waals surface area contributed by atoms with Crippen LogP contribution in [0, 0.1) is 0 Å². The van der Waals surface area contributed by atoms with Crippen LogP contribution in [0.25, 0.3) is 22.3 Å². The Morgan fingerprint density at radius 1 is 1.17 bits per heavy atom. The smallest absolute Gasteiger partial charge is 0.339 e. The highest BCUT2D eigenvalue weighted by atomic mass is 16.5. The zero-order chi connectivity index (χ0) is 20.2. The van der Waals surface area contributed by atoms with Gasteiger partial charge in [-0.1, -0.05) is 30.3 Å². The topological polar surface area (TPSA) is 86.6 Å². The molecule has 0 atom stereocenters. The molecule has 8 heteroatoms. The van der Waals surface area contributed by atoms with Gasteiger partial charge in [0.25, 0.3) is 5.91 Å². The van der Waals surface area contributed by atoms with Gasteiger partial charge in [-0.15, -0.1) is 0 Å². The van der Waals surface area contributed by atoms with Gasteiger partial charge in [-0.05, 0) is 13.0 Å².